The van der Waals surface area contributed by atoms with Gasteiger partial charge in [0.2, 0.25) is 0 Å². The Morgan fingerprint density at radius 3 is 2.65 bits per heavy atom. The summed E-state index contributed by atoms with van der Waals surface area (Å²) in [5, 5.41) is 2.15. The average molecular weight is 431 g/mol. The summed E-state index contributed by atoms with van der Waals surface area (Å²) in [4.78, 5) is 13.8. The second-order valence-corrected chi connectivity index (χ2v) is 12.1. The Kier molecular flexibility index (Phi) is 4.79. The highest BCUT2D eigenvalue weighted by Gasteiger charge is 2.57. The molecule has 2 heteroatoms. The van der Waals surface area contributed by atoms with Crippen LogP contribution in [0, 0.1) is 28.6 Å². The first-order chi connectivity index (χ1) is 15.1. The van der Waals surface area contributed by atoms with Gasteiger partial charge in [0.1, 0.15) is 0 Å². The summed E-state index contributed by atoms with van der Waals surface area (Å²) in [5.41, 5.74) is 5.11. The lowest BCUT2D eigenvalue weighted by Gasteiger charge is -2.58. The van der Waals surface area contributed by atoms with Gasteiger partial charge in [-0.25, -0.2) is 0 Å². The number of carbonyl (C=O) groups excluding carboxylic acids is 1. The van der Waals surface area contributed by atoms with E-state index < -0.39 is 0 Å². The number of hydrogen-bond donors (Lipinski definition) is 0. The molecule has 3 fully saturated rings. The maximum Gasteiger partial charge on any atom is 0.155 e. The van der Waals surface area contributed by atoms with E-state index in [-0.39, 0.29) is 5.41 Å². The van der Waals surface area contributed by atoms with E-state index >= 15 is 0 Å². The Bertz CT molecular complexity index is 1000. The standard InChI is InChI=1S/C29H34OS/c1-28-14-2-4-25(28)24-11-10-22-18-23(30)12-16-29(22,26(24)13-15-28)19-20-6-8-21(9-7-20)27-5-3-17-31-27/h3,5-9,17-18,24-26H,2,4,10-16,19H2,1H3/t24-,25-,26+,28-,29+/m0/s1. The number of ketones is 1. The van der Waals surface area contributed by atoms with Crippen molar-refractivity contribution in [2.24, 2.45) is 28.6 Å². The van der Waals surface area contributed by atoms with Crippen LogP contribution in [0.3, 0.4) is 0 Å². The first kappa shape index (κ1) is 20.0. The predicted octanol–water partition coefficient (Wildman–Crippen LogP) is 7.86. The van der Waals surface area contributed by atoms with Gasteiger partial charge < -0.3 is 0 Å². The van der Waals surface area contributed by atoms with Crippen LogP contribution in [-0.4, -0.2) is 5.78 Å². The molecule has 4 aliphatic rings. The van der Waals surface area contributed by atoms with Crippen molar-refractivity contribution in [2.75, 3.05) is 0 Å². The van der Waals surface area contributed by atoms with Crippen molar-refractivity contribution < 1.29 is 4.79 Å². The van der Waals surface area contributed by atoms with Crippen LogP contribution in [0.1, 0.15) is 70.3 Å². The molecule has 1 heterocycles. The lowest BCUT2D eigenvalue weighted by molar-refractivity contribution is -0.117. The molecule has 1 nitrogen and oxygen atoms in total. The van der Waals surface area contributed by atoms with Gasteiger partial charge in [-0.3, -0.25) is 4.79 Å². The van der Waals surface area contributed by atoms with E-state index in [1.54, 1.807) is 0 Å². The van der Waals surface area contributed by atoms with Gasteiger partial charge in [-0.05, 0) is 109 Å². The highest BCUT2D eigenvalue weighted by molar-refractivity contribution is 7.13. The van der Waals surface area contributed by atoms with Crippen LogP contribution in [0.2, 0.25) is 0 Å². The fourth-order valence-corrected chi connectivity index (χ4v) is 9.01. The smallest absolute Gasteiger partial charge is 0.155 e. The maximum atomic E-state index is 12.4. The van der Waals surface area contributed by atoms with Gasteiger partial charge in [-0.1, -0.05) is 49.2 Å². The fraction of sp³-hybridized carbons (Fsp3) is 0.552. The Morgan fingerprint density at radius 2 is 1.84 bits per heavy atom. The number of allylic oxidation sites excluding steroid dienone is 1. The molecule has 0 N–H and O–H groups in total. The Hall–Kier alpha value is -1.67. The van der Waals surface area contributed by atoms with Crippen LogP contribution >= 0.6 is 11.3 Å². The van der Waals surface area contributed by atoms with Gasteiger partial charge in [-0.15, -0.1) is 11.3 Å². The zero-order valence-electron chi connectivity index (χ0n) is 18.7. The third kappa shape index (κ3) is 3.20. The molecule has 0 bridgehead atoms. The van der Waals surface area contributed by atoms with Crippen molar-refractivity contribution in [3.8, 4) is 10.4 Å². The molecular weight excluding hydrogens is 396 g/mol. The SMILES string of the molecule is C[C@@]12CCC[C@H]1[C@@H]1CCC3=CC(=O)CC[C@]3(Cc3ccc(-c4cccs4)cc3)[C@@H]1CC2. The molecule has 0 radical (unpaired) electrons. The highest BCUT2D eigenvalue weighted by Crippen LogP contribution is 2.66. The Balaban J connectivity index is 1.35. The molecule has 1 aromatic carbocycles. The molecule has 0 amide bonds. The highest BCUT2D eigenvalue weighted by atomic mass is 32.1. The molecule has 5 atom stereocenters. The third-order valence-electron chi connectivity index (χ3n) is 9.75. The van der Waals surface area contributed by atoms with Gasteiger partial charge in [0.15, 0.2) is 5.78 Å². The zero-order chi connectivity index (χ0) is 21.1. The second kappa shape index (κ2) is 7.44. The first-order valence-electron chi connectivity index (χ1n) is 12.4. The van der Waals surface area contributed by atoms with Gasteiger partial charge in [0, 0.05) is 11.3 Å². The molecule has 2 aromatic rings. The number of thiophene rings is 1. The van der Waals surface area contributed by atoms with Crippen molar-refractivity contribution in [2.45, 2.75) is 71.1 Å². The van der Waals surface area contributed by atoms with Crippen molar-refractivity contribution in [1.29, 1.82) is 0 Å². The molecule has 6 rings (SSSR count). The molecule has 0 aliphatic heterocycles. The topological polar surface area (TPSA) is 17.1 Å². The quantitative estimate of drug-likeness (QED) is 0.484. The number of fused-ring (bicyclic) bond motifs is 5. The molecule has 4 aliphatic carbocycles. The average Bonchev–Trinajstić information content (AvgIpc) is 3.44. The molecule has 0 saturated heterocycles. The second-order valence-electron chi connectivity index (χ2n) is 11.1. The summed E-state index contributed by atoms with van der Waals surface area (Å²) in [6, 6.07) is 13.7. The van der Waals surface area contributed by atoms with Gasteiger partial charge >= 0.3 is 0 Å². The van der Waals surface area contributed by atoms with E-state index in [0.29, 0.717) is 11.2 Å². The summed E-state index contributed by atoms with van der Waals surface area (Å²) in [6.45, 7) is 2.59. The molecule has 31 heavy (non-hydrogen) atoms. The van der Waals surface area contributed by atoms with Gasteiger partial charge in [0.25, 0.3) is 0 Å². The van der Waals surface area contributed by atoms with Crippen LogP contribution < -0.4 is 0 Å². The summed E-state index contributed by atoms with van der Waals surface area (Å²) in [7, 11) is 0. The molecule has 0 spiro atoms. The van der Waals surface area contributed by atoms with E-state index in [9.17, 15) is 4.79 Å². The zero-order valence-corrected chi connectivity index (χ0v) is 19.6. The largest absolute Gasteiger partial charge is 0.295 e. The fourth-order valence-electron chi connectivity index (χ4n) is 8.28. The number of rotatable bonds is 3. The van der Waals surface area contributed by atoms with Gasteiger partial charge in [0.05, 0.1) is 0 Å². The summed E-state index contributed by atoms with van der Waals surface area (Å²) in [6.07, 6.45) is 14.6. The van der Waals surface area contributed by atoms with E-state index in [2.05, 4.69) is 54.8 Å². The summed E-state index contributed by atoms with van der Waals surface area (Å²) in [5.74, 6) is 2.94. The van der Waals surface area contributed by atoms with E-state index in [0.717, 1.165) is 43.4 Å². The molecule has 162 valence electrons. The molecule has 1 aromatic heterocycles. The molecule has 3 saturated carbocycles. The predicted molar refractivity (Wildman–Crippen MR) is 129 cm³/mol. The van der Waals surface area contributed by atoms with Crippen LogP contribution in [-0.2, 0) is 11.2 Å². The van der Waals surface area contributed by atoms with E-state index in [4.69, 9.17) is 0 Å². The van der Waals surface area contributed by atoms with Crippen LogP contribution in [0.4, 0.5) is 0 Å². The van der Waals surface area contributed by atoms with Crippen molar-refractivity contribution in [3.05, 3.63) is 59.0 Å². The van der Waals surface area contributed by atoms with Crippen LogP contribution in [0.25, 0.3) is 10.4 Å². The number of benzene rings is 1. The van der Waals surface area contributed by atoms with Gasteiger partial charge in [-0.2, -0.15) is 0 Å². The number of hydrogen-bond acceptors (Lipinski definition) is 2. The normalized spacial score (nSPS) is 37.0. The monoisotopic (exact) mass is 430 g/mol. The third-order valence-corrected chi connectivity index (χ3v) is 10.7. The van der Waals surface area contributed by atoms with Crippen molar-refractivity contribution in [3.63, 3.8) is 0 Å². The van der Waals surface area contributed by atoms with Crippen molar-refractivity contribution in [1.82, 2.24) is 0 Å². The van der Waals surface area contributed by atoms with Crippen molar-refractivity contribution >= 4 is 17.1 Å². The van der Waals surface area contributed by atoms with Crippen LogP contribution in [0.15, 0.2) is 53.4 Å². The molecule has 0 unspecified atom stereocenters. The first-order valence-corrected chi connectivity index (χ1v) is 13.3. The van der Waals surface area contributed by atoms with E-state index in [1.807, 2.05) is 11.3 Å². The maximum absolute atomic E-state index is 12.4. The molecular formula is C29H34OS. The number of carbonyl (C=O) groups is 1. The Morgan fingerprint density at radius 1 is 0.968 bits per heavy atom. The Labute approximate surface area is 191 Å². The van der Waals surface area contributed by atoms with Crippen LogP contribution in [0.5, 0.6) is 0 Å². The lowest BCUT2D eigenvalue weighted by Crippen LogP contribution is -2.51. The minimum absolute atomic E-state index is 0.227. The lowest BCUT2D eigenvalue weighted by atomic mass is 9.46. The minimum Gasteiger partial charge on any atom is -0.295 e. The van der Waals surface area contributed by atoms with E-state index in [1.165, 1.54) is 60.1 Å². The summed E-state index contributed by atoms with van der Waals surface area (Å²) >= 11 is 1.81. The minimum atomic E-state index is 0.227. The summed E-state index contributed by atoms with van der Waals surface area (Å²) < 4.78 is 0.